The van der Waals surface area contributed by atoms with Gasteiger partial charge in [0.15, 0.2) is 0 Å². The van der Waals surface area contributed by atoms with Crippen LogP contribution in [0.5, 0.6) is 0 Å². The van der Waals surface area contributed by atoms with Gasteiger partial charge in [-0.2, -0.15) is 0 Å². The lowest BCUT2D eigenvalue weighted by molar-refractivity contribution is -0.0271. The Hall–Kier alpha value is -0.860. The van der Waals surface area contributed by atoms with Crippen LogP contribution in [0.4, 0.5) is 0 Å². The van der Waals surface area contributed by atoms with Crippen LogP contribution >= 0.6 is 0 Å². The Balaban J connectivity index is 2.80. The maximum Gasteiger partial charge on any atom is 0.0979 e. The van der Waals surface area contributed by atoms with Crippen LogP contribution in [0.2, 0.25) is 0 Å². The highest BCUT2D eigenvalue weighted by Crippen LogP contribution is 2.25. The first-order chi connectivity index (χ1) is 8.93. The molecule has 2 heteroatoms. The maximum atomic E-state index is 6.24. The van der Waals surface area contributed by atoms with Gasteiger partial charge in [0.05, 0.1) is 12.2 Å². The highest BCUT2D eigenvalue weighted by Gasteiger charge is 2.22. The Kier molecular flexibility index (Phi) is 6.53. The number of hydrogen-bond donors (Lipinski definition) is 1. The summed E-state index contributed by atoms with van der Waals surface area (Å²) in [6.07, 6.45) is 2.23. The van der Waals surface area contributed by atoms with Crippen LogP contribution < -0.4 is 5.73 Å². The van der Waals surface area contributed by atoms with Crippen molar-refractivity contribution in [2.45, 2.75) is 65.7 Å². The summed E-state index contributed by atoms with van der Waals surface area (Å²) in [4.78, 5) is 0. The fourth-order valence-electron chi connectivity index (χ4n) is 2.37. The van der Waals surface area contributed by atoms with Gasteiger partial charge in [-0.15, -0.1) is 0 Å². The molecule has 2 nitrogen and oxygen atoms in total. The van der Waals surface area contributed by atoms with Gasteiger partial charge in [0.2, 0.25) is 0 Å². The molecular weight excluding hydrogens is 234 g/mol. The zero-order valence-electron chi connectivity index (χ0n) is 13.0. The molecule has 0 saturated heterocycles. The molecule has 0 aromatic heterocycles. The fourth-order valence-corrected chi connectivity index (χ4v) is 2.37. The molecule has 108 valence electrons. The highest BCUT2D eigenvalue weighted by atomic mass is 16.5. The van der Waals surface area contributed by atoms with Gasteiger partial charge in [-0.25, -0.2) is 0 Å². The molecule has 3 unspecified atom stereocenters. The Bertz CT molecular complexity index is 358. The van der Waals surface area contributed by atoms with E-state index in [1.807, 2.05) is 0 Å². The van der Waals surface area contributed by atoms with Crippen molar-refractivity contribution in [3.05, 3.63) is 35.4 Å². The number of aryl methyl sites for hydroxylation is 1. The molecule has 19 heavy (non-hydrogen) atoms. The van der Waals surface area contributed by atoms with E-state index in [0.717, 1.165) is 12.8 Å². The summed E-state index contributed by atoms with van der Waals surface area (Å²) in [7, 11) is 0. The van der Waals surface area contributed by atoms with Crippen molar-refractivity contribution in [2.24, 2.45) is 11.7 Å². The van der Waals surface area contributed by atoms with E-state index in [-0.39, 0.29) is 18.2 Å². The van der Waals surface area contributed by atoms with Gasteiger partial charge in [-0.05, 0) is 38.2 Å². The SMILES string of the molecule is CCC(N)C(OC(C)CC(C)C)c1ccc(C)cc1. The van der Waals surface area contributed by atoms with E-state index < -0.39 is 0 Å². The summed E-state index contributed by atoms with van der Waals surface area (Å²) < 4.78 is 6.21. The second-order valence-electron chi connectivity index (χ2n) is 5.98. The predicted molar refractivity (Wildman–Crippen MR) is 82.2 cm³/mol. The minimum Gasteiger partial charge on any atom is -0.369 e. The van der Waals surface area contributed by atoms with E-state index >= 15 is 0 Å². The largest absolute Gasteiger partial charge is 0.369 e. The molecule has 0 amide bonds. The molecule has 0 aliphatic carbocycles. The third-order valence-electron chi connectivity index (χ3n) is 3.45. The molecule has 1 aromatic rings. The minimum atomic E-state index is -0.000602. The van der Waals surface area contributed by atoms with Crippen LogP contribution in [-0.2, 0) is 4.74 Å². The summed E-state index contributed by atoms with van der Waals surface area (Å²) in [5.74, 6) is 0.645. The lowest BCUT2D eigenvalue weighted by Gasteiger charge is -2.28. The molecule has 0 radical (unpaired) electrons. The summed E-state index contributed by atoms with van der Waals surface area (Å²) in [5.41, 5.74) is 8.70. The molecule has 0 aliphatic rings. The molecular formula is C17H29NO. The zero-order valence-corrected chi connectivity index (χ0v) is 13.0. The summed E-state index contributed by atoms with van der Waals surface area (Å²) in [6, 6.07) is 8.58. The van der Waals surface area contributed by atoms with Crippen LogP contribution in [-0.4, -0.2) is 12.1 Å². The van der Waals surface area contributed by atoms with Gasteiger partial charge >= 0.3 is 0 Å². The topological polar surface area (TPSA) is 35.2 Å². The van der Waals surface area contributed by atoms with Gasteiger partial charge in [-0.3, -0.25) is 0 Å². The van der Waals surface area contributed by atoms with Gasteiger partial charge in [-0.1, -0.05) is 50.6 Å². The first kappa shape index (κ1) is 16.2. The molecule has 1 rings (SSSR count). The van der Waals surface area contributed by atoms with Crippen LogP contribution in [0.3, 0.4) is 0 Å². The van der Waals surface area contributed by atoms with Crippen LogP contribution in [0, 0.1) is 12.8 Å². The number of rotatable bonds is 7. The smallest absolute Gasteiger partial charge is 0.0979 e. The highest BCUT2D eigenvalue weighted by molar-refractivity contribution is 5.24. The van der Waals surface area contributed by atoms with Gasteiger partial charge in [0, 0.05) is 6.04 Å². The van der Waals surface area contributed by atoms with Gasteiger partial charge in [0.1, 0.15) is 0 Å². The lowest BCUT2D eigenvalue weighted by atomic mass is 9.99. The second kappa shape index (κ2) is 7.66. The number of nitrogens with two attached hydrogens (primary N) is 1. The van der Waals surface area contributed by atoms with Crippen LogP contribution in [0.1, 0.15) is 57.8 Å². The minimum absolute atomic E-state index is 0.000602. The predicted octanol–water partition coefficient (Wildman–Crippen LogP) is 4.22. The molecule has 0 aliphatic heterocycles. The molecule has 0 spiro atoms. The molecule has 0 bridgehead atoms. The number of benzene rings is 1. The second-order valence-corrected chi connectivity index (χ2v) is 5.98. The third kappa shape index (κ3) is 5.33. The summed E-state index contributed by atoms with van der Waals surface area (Å²) in [6.45, 7) is 10.8. The molecule has 0 saturated carbocycles. The van der Waals surface area contributed by atoms with Crippen LogP contribution in [0.25, 0.3) is 0 Å². The standard InChI is InChI=1S/C17H29NO/c1-6-16(18)17(19-14(5)11-12(2)3)15-9-7-13(4)8-10-15/h7-10,12,14,16-17H,6,11,18H2,1-5H3. The Morgan fingerprint density at radius 2 is 1.68 bits per heavy atom. The summed E-state index contributed by atoms with van der Waals surface area (Å²) in [5, 5.41) is 0. The van der Waals surface area contributed by atoms with Crippen molar-refractivity contribution in [1.29, 1.82) is 0 Å². The quantitative estimate of drug-likeness (QED) is 0.799. The molecule has 1 aromatic carbocycles. The molecule has 2 N–H and O–H groups in total. The first-order valence-corrected chi connectivity index (χ1v) is 7.41. The van der Waals surface area contributed by atoms with E-state index in [0.29, 0.717) is 5.92 Å². The molecule has 0 heterocycles. The normalized spacial score (nSPS) is 16.4. The van der Waals surface area contributed by atoms with E-state index in [1.54, 1.807) is 0 Å². The average Bonchev–Trinajstić information content (AvgIpc) is 2.35. The van der Waals surface area contributed by atoms with Crippen molar-refractivity contribution in [1.82, 2.24) is 0 Å². The van der Waals surface area contributed by atoms with Crippen molar-refractivity contribution >= 4 is 0 Å². The average molecular weight is 263 g/mol. The van der Waals surface area contributed by atoms with Crippen molar-refractivity contribution < 1.29 is 4.74 Å². The van der Waals surface area contributed by atoms with E-state index in [4.69, 9.17) is 10.5 Å². The third-order valence-corrected chi connectivity index (χ3v) is 3.45. The van der Waals surface area contributed by atoms with E-state index in [1.165, 1.54) is 11.1 Å². The van der Waals surface area contributed by atoms with Crippen molar-refractivity contribution in [3.8, 4) is 0 Å². The van der Waals surface area contributed by atoms with Gasteiger partial charge < -0.3 is 10.5 Å². The Morgan fingerprint density at radius 3 is 2.16 bits per heavy atom. The fraction of sp³-hybridized carbons (Fsp3) is 0.647. The van der Waals surface area contributed by atoms with E-state index in [9.17, 15) is 0 Å². The maximum absolute atomic E-state index is 6.24. The summed E-state index contributed by atoms with van der Waals surface area (Å²) >= 11 is 0. The molecule has 0 fully saturated rings. The van der Waals surface area contributed by atoms with E-state index in [2.05, 4.69) is 58.9 Å². The number of ether oxygens (including phenoxy) is 1. The van der Waals surface area contributed by atoms with Crippen molar-refractivity contribution in [3.63, 3.8) is 0 Å². The first-order valence-electron chi connectivity index (χ1n) is 7.41. The Morgan fingerprint density at radius 1 is 1.11 bits per heavy atom. The van der Waals surface area contributed by atoms with Gasteiger partial charge in [0.25, 0.3) is 0 Å². The van der Waals surface area contributed by atoms with Crippen LogP contribution in [0.15, 0.2) is 24.3 Å². The molecule has 3 atom stereocenters. The Labute approximate surface area is 118 Å². The number of hydrogen-bond acceptors (Lipinski definition) is 2. The lowest BCUT2D eigenvalue weighted by Crippen LogP contribution is -2.32. The zero-order chi connectivity index (χ0) is 14.4. The van der Waals surface area contributed by atoms with Crippen molar-refractivity contribution in [2.75, 3.05) is 0 Å². The monoisotopic (exact) mass is 263 g/mol.